The van der Waals surface area contributed by atoms with Crippen LogP contribution in [0, 0.1) is 10.1 Å². The Morgan fingerprint density at radius 1 is 1.33 bits per heavy atom. The van der Waals surface area contributed by atoms with Gasteiger partial charge < -0.3 is 10.6 Å². The zero-order valence-electron chi connectivity index (χ0n) is 11.8. The fraction of sp³-hybridized carbons (Fsp3) is 0.250. The van der Waals surface area contributed by atoms with Gasteiger partial charge in [-0.05, 0) is 36.6 Å². The van der Waals surface area contributed by atoms with Gasteiger partial charge in [0.1, 0.15) is 5.69 Å². The lowest BCUT2D eigenvalue weighted by Gasteiger charge is -2.25. The van der Waals surface area contributed by atoms with Crippen LogP contribution >= 0.6 is 0 Å². The Morgan fingerprint density at radius 2 is 2.10 bits per heavy atom. The fourth-order valence-electron chi connectivity index (χ4n) is 2.94. The average Bonchev–Trinajstić information content (AvgIpc) is 2.75. The first-order chi connectivity index (χ1) is 10.1. The largest absolute Gasteiger partial charge is 0.393 e. The van der Waals surface area contributed by atoms with Crippen molar-refractivity contribution in [2.45, 2.75) is 25.9 Å². The zero-order valence-corrected chi connectivity index (χ0v) is 11.8. The van der Waals surface area contributed by atoms with Crippen molar-refractivity contribution >= 4 is 17.1 Å². The van der Waals surface area contributed by atoms with E-state index in [0.29, 0.717) is 12.6 Å². The molecule has 5 nitrogen and oxygen atoms in total. The Labute approximate surface area is 123 Å². The Hall–Kier alpha value is -2.56. The van der Waals surface area contributed by atoms with Crippen molar-refractivity contribution < 1.29 is 4.92 Å². The molecular weight excluding hydrogens is 266 g/mol. The Morgan fingerprint density at radius 3 is 2.81 bits per heavy atom. The maximum absolute atomic E-state index is 10.8. The van der Waals surface area contributed by atoms with Crippen LogP contribution in [0.3, 0.4) is 0 Å². The highest BCUT2D eigenvalue weighted by molar-refractivity contribution is 5.62. The molecule has 0 saturated heterocycles. The van der Waals surface area contributed by atoms with Crippen molar-refractivity contribution in [3.63, 3.8) is 0 Å². The van der Waals surface area contributed by atoms with Crippen LogP contribution in [0.5, 0.6) is 0 Å². The second-order valence-corrected chi connectivity index (χ2v) is 5.46. The molecule has 1 atom stereocenters. The summed E-state index contributed by atoms with van der Waals surface area (Å²) in [6.45, 7) is 2.90. The van der Waals surface area contributed by atoms with Crippen molar-refractivity contribution in [2.24, 2.45) is 0 Å². The van der Waals surface area contributed by atoms with E-state index in [1.54, 1.807) is 12.1 Å². The topological polar surface area (TPSA) is 72.4 Å². The molecule has 0 radical (unpaired) electrons. The molecule has 1 aliphatic rings. The van der Waals surface area contributed by atoms with E-state index < -0.39 is 4.92 Å². The van der Waals surface area contributed by atoms with Gasteiger partial charge in [0, 0.05) is 24.3 Å². The van der Waals surface area contributed by atoms with Crippen LogP contribution in [0.1, 0.15) is 18.1 Å². The van der Waals surface area contributed by atoms with Crippen molar-refractivity contribution in [1.82, 2.24) is 0 Å². The molecule has 0 saturated carbocycles. The van der Waals surface area contributed by atoms with E-state index in [9.17, 15) is 10.1 Å². The number of fused-ring (bicyclic) bond motifs is 1. The number of nitrogens with zero attached hydrogens (tertiary/aromatic N) is 2. The summed E-state index contributed by atoms with van der Waals surface area (Å²) in [6.07, 6.45) is 1.03. The second kappa shape index (κ2) is 5.09. The van der Waals surface area contributed by atoms with Gasteiger partial charge in [-0.2, -0.15) is 0 Å². The number of nitrogen functional groups attached to an aromatic ring is 1. The number of hydrogen-bond donors (Lipinski definition) is 1. The van der Waals surface area contributed by atoms with Crippen LogP contribution < -0.4 is 10.6 Å². The molecule has 3 rings (SSSR count). The molecule has 2 aromatic rings. The lowest BCUT2D eigenvalue weighted by Crippen LogP contribution is -2.28. The number of nitro benzene ring substituents is 1. The van der Waals surface area contributed by atoms with Gasteiger partial charge in [-0.25, -0.2) is 0 Å². The summed E-state index contributed by atoms with van der Waals surface area (Å²) < 4.78 is 0. The molecule has 0 spiro atoms. The van der Waals surface area contributed by atoms with Gasteiger partial charge >= 0.3 is 0 Å². The summed E-state index contributed by atoms with van der Waals surface area (Å²) in [6, 6.07) is 13.7. The summed E-state index contributed by atoms with van der Waals surface area (Å²) >= 11 is 0. The molecule has 108 valence electrons. The van der Waals surface area contributed by atoms with Gasteiger partial charge in [-0.1, -0.05) is 24.3 Å². The molecule has 0 bridgehead atoms. The summed E-state index contributed by atoms with van der Waals surface area (Å²) in [7, 11) is 0. The predicted molar refractivity (Wildman–Crippen MR) is 83.3 cm³/mol. The predicted octanol–water partition coefficient (Wildman–Crippen LogP) is 3.13. The minimum atomic E-state index is -0.451. The first-order valence-corrected chi connectivity index (χ1v) is 6.93. The molecule has 0 fully saturated rings. The van der Waals surface area contributed by atoms with E-state index in [-0.39, 0.29) is 11.4 Å². The first-order valence-electron chi connectivity index (χ1n) is 6.93. The lowest BCUT2D eigenvalue weighted by atomic mass is 10.1. The van der Waals surface area contributed by atoms with E-state index in [1.807, 2.05) is 6.07 Å². The quantitative estimate of drug-likeness (QED) is 0.533. The van der Waals surface area contributed by atoms with Crippen molar-refractivity contribution in [3.05, 3.63) is 63.7 Å². The third kappa shape index (κ3) is 2.42. The van der Waals surface area contributed by atoms with Gasteiger partial charge in [0.2, 0.25) is 0 Å². The highest BCUT2D eigenvalue weighted by Crippen LogP contribution is 2.33. The monoisotopic (exact) mass is 283 g/mol. The van der Waals surface area contributed by atoms with Gasteiger partial charge in [0.25, 0.3) is 5.69 Å². The van der Waals surface area contributed by atoms with Crippen LogP contribution in [0.4, 0.5) is 17.1 Å². The molecule has 0 aliphatic carbocycles. The fourth-order valence-corrected chi connectivity index (χ4v) is 2.94. The Kier molecular flexibility index (Phi) is 3.25. The van der Waals surface area contributed by atoms with E-state index >= 15 is 0 Å². The summed E-state index contributed by atoms with van der Waals surface area (Å²) in [5.41, 5.74) is 9.52. The van der Waals surface area contributed by atoms with Gasteiger partial charge in [-0.3, -0.25) is 10.1 Å². The van der Waals surface area contributed by atoms with Crippen molar-refractivity contribution in [2.75, 3.05) is 10.6 Å². The Balaban J connectivity index is 1.87. The van der Waals surface area contributed by atoms with Crippen LogP contribution in [0.2, 0.25) is 0 Å². The number of rotatable bonds is 3. The van der Waals surface area contributed by atoms with E-state index in [0.717, 1.165) is 12.0 Å². The molecule has 1 heterocycles. The number of anilines is 2. The summed E-state index contributed by atoms with van der Waals surface area (Å²) in [5, 5.41) is 10.8. The number of hydrogen-bond acceptors (Lipinski definition) is 4. The maximum Gasteiger partial charge on any atom is 0.292 e. The second-order valence-electron chi connectivity index (χ2n) is 5.46. The molecule has 2 aromatic carbocycles. The average molecular weight is 283 g/mol. The summed E-state index contributed by atoms with van der Waals surface area (Å²) in [4.78, 5) is 12.7. The lowest BCUT2D eigenvalue weighted by molar-refractivity contribution is -0.383. The maximum atomic E-state index is 10.8. The number of nitrogens with two attached hydrogens (primary N) is 1. The SMILES string of the molecule is CC1Cc2ccccc2N1Cc1ccc([N+](=O)[O-])c(N)c1. The smallest absolute Gasteiger partial charge is 0.292 e. The van der Waals surface area contributed by atoms with Crippen LogP contribution in [-0.2, 0) is 13.0 Å². The first kappa shape index (κ1) is 13.4. The third-order valence-electron chi connectivity index (χ3n) is 3.99. The van der Waals surface area contributed by atoms with Crippen molar-refractivity contribution in [3.8, 4) is 0 Å². The zero-order chi connectivity index (χ0) is 15.0. The molecule has 1 aliphatic heterocycles. The number of nitro groups is 1. The minimum Gasteiger partial charge on any atom is -0.393 e. The molecule has 21 heavy (non-hydrogen) atoms. The molecule has 0 amide bonds. The molecule has 5 heteroatoms. The molecular formula is C16H17N3O2. The normalized spacial score (nSPS) is 16.8. The van der Waals surface area contributed by atoms with Crippen LogP contribution in [0.25, 0.3) is 0 Å². The Bertz CT molecular complexity index is 700. The van der Waals surface area contributed by atoms with Gasteiger partial charge in [0.05, 0.1) is 4.92 Å². The molecule has 0 aromatic heterocycles. The van der Waals surface area contributed by atoms with Crippen LogP contribution in [-0.4, -0.2) is 11.0 Å². The third-order valence-corrected chi connectivity index (χ3v) is 3.99. The van der Waals surface area contributed by atoms with Gasteiger partial charge in [0.15, 0.2) is 0 Å². The summed E-state index contributed by atoms with van der Waals surface area (Å²) in [5.74, 6) is 0. The molecule has 2 N–H and O–H groups in total. The van der Waals surface area contributed by atoms with Crippen molar-refractivity contribution in [1.29, 1.82) is 0 Å². The van der Waals surface area contributed by atoms with E-state index in [4.69, 9.17) is 5.73 Å². The van der Waals surface area contributed by atoms with Gasteiger partial charge in [-0.15, -0.1) is 0 Å². The van der Waals surface area contributed by atoms with E-state index in [1.165, 1.54) is 17.3 Å². The highest BCUT2D eigenvalue weighted by Gasteiger charge is 2.25. The number of para-hydroxylation sites is 1. The molecule has 1 unspecified atom stereocenters. The number of benzene rings is 2. The van der Waals surface area contributed by atoms with E-state index in [2.05, 4.69) is 30.0 Å². The van der Waals surface area contributed by atoms with Crippen LogP contribution in [0.15, 0.2) is 42.5 Å². The minimum absolute atomic E-state index is 0.0337. The highest BCUT2D eigenvalue weighted by atomic mass is 16.6. The standard InChI is InChI=1S/C16H17N3O2/c1-11-8-13-4-2-3-5-15(13)18(11)10-12-6-7-16(19(20)21)14(17)9-12/h2-7,9,11H,8,10,17H2,1H3.